The molecule has 3 aromatic rings. The van der Waals surface area contributed by atoms with Gasteiger partial charge < -0.3 is 9.73 Å². The fourth-order valence-electron chi connectivity index (χ4n) is 1.83. The van der Waals surface area contributed by atoms with Crippen LogP contribution in [0.2, 0.25) is 0 Å². The van der Waals surface area contributed by atoms with Gasteiger partial charge in [-0.3, -0.25) is 0 Å². The van der Waals surface area contributed by atoms with E-state index >= 15 is 0 Å². The minimum atomic E-state index is 0.263. The van der Waals surface area contributed by atoms with Crippen LogP contribution in [0.15, 0.2) is 40.1 Å². The number of hydrogen-bond donors (Lipinski definition) is 1. The molecule has 0 amide bonds. The van der Waals surface area contributed by atoms with Crippen molar-refractivity contribution < 1.29 is 4.42 Å². The molecule has 2 aromatic heterocycles. The molecule has 1 atom stereocenters. The van der Waals surface area contributed by atoms with Crippen molar-refractivity contribution in [1.82, 2.24) is 10.3 Å². The first-order chi connectivity index (χ1) is 8.78. The molecular formula is C14H14N2OS. The number of aromatic nitrogens is 1. The highest BCUT2D eigenvalue weighted by Gasteiger charge is 2.12. The Bertz CT molecular complexity index is 638. The lowest BCUT2D eigenvalue weighted by Gasteiger charge is -2.04. The van der Waals surface area contributed by atoms with E-state index < -0.39 is 0 Å². The fourth-order valence-corrected chi connectivity index (χ4v) is 2.70. The lowest BCUT2D eigenvalue weighted by atomic mass is 10.2. The molecule has 0 saturated heterocycles. The van der Waals surface area contributed by atoms with Crippen LogP contribution in [-0.2, 0) is 0 Å². The highest BCUT2D eigenvalue weighted by atomic mass is 32.1. The number of rotatable bonds is 3. The number of nitrogens with one attached hydrogen (secondary N) is 1. The first-order valence-electron chi connectivity index (χ1n) is 5.89. The molecular weight excluding hydrogens is 244 g/mol. The second-order valence-corrected chi connectivity index (χ2v) is 5.09. The highest BCUT2D eigenvalue weighted by Crippen LogP contribution is 2.30. The van der Waals surface area contributed by atoms with Crippen molar-refractivity contribution >= 4 is 22.3 Å². The number of hydrogen-bond acceptors (Lipinski definition) is 4. The zero-order chi connectivity index (χ0) is 12.5. The van der Waals surface area contributed by atoms with Crippen molar-refractivity contribution in [3.05, 3.63) is 41.4 Å². The van der Waals surface area contributed by atoms with Crippen LogP contribution in [0.4, 0.5) is 0 Å². The molecule has 0 saturated carbocycles. The Morgan fingerprint density at radius 3 is 2.94 bits per heavy atom. The van der Waals surface area contributed by atoms with Crippen LogP contribution in [0, 0.1) is 0 Å². The Hall–Kier alpha value is -1.65. The highest BCUT2D eigenvalue weighted by molar-refractivity contribution is 7.13. The number of nitrogens with zero attached hydrogens (tertiary/aromatic N) is 1. The maximum Gasteiger partial charge on any atom is 0.164 e. The van der Waals surface area contributed by atoms with Gasteiger partial charge >= 0.3 is 0 Å². The molecule has 1 N–H and O–H groups in total. The monoisotopic (exact) mass is 258 g/mol. The molecule has 0 radical (unpaired) electrons. The third-order valence-corrected chi connectivity index (χ3v) is 3.91. The number of para-hydroxylation sites is 1. The Morgan fingerprint density at radius 1 is 1.33 bits per heavy atom. The second-order valence-electron chi connectivity index (χ2n) is 4.24. The van der Waals surface area contributed by atoms with E-state index in [0.29, 0.717) is 0 Å². The van der Waals surface area contributed by atoms with Gasteiger partial charge in [0.05, 0.1) is 5.69 Å². The minimum absolute atomic E-state index is 0.263. The summed E-state index contributed by atoms with van der Waals surface area (Å²) < 4.78 is 5.81. The maximum absolute atomic E-state index is 5.81. The van der Waals surface area contributed by atoms with Crippen LogP contribution in [-0.4, -0.2) is 12.0 Å². The third kappa shape index (κ3) is 1.94. The Morgan fingerprint density at radius 2 is 2.17 bits per heavy atom. The molecule has 0 bridgehead atoms. The van der Waals surface area contributed by atoms with Crippen molar-refractivity contribution in [2.45, 2.75) is 13.0 Å². The summed E-state index contributed by atoms with van der Waals surface area (Å²) >= 11 is 1.62. The molecule has 0 aliphatic carbocycles. The summed E-state index contributed by atoms with van der Waals surface area (Å²) in [5.41, 5.74) is 1.96. The van der Waals surface area contributed by atoms with Crippen molar-refractivity contribution in [2.24, 2.45) is 0 Å². The van der Waals surface area contributed by atoms with Gasteiger partial charge in [-0.25, -0.2) is 4.98 Å². The van der Waals surface area contributed by atoms with E-state index in [-0.39, 0.29) is 6.04 Å². The van der Waals surface area contributed by atoms with E-state index in [9.17, 15) is 0 Å². The summed E-state index contributed by atoms with van der Waals surface area (Å²) in [7, 11) is 1.94. The van der Waals surface area contributed by atoms with Crippen molar-refractivity contribution in [3.8, 4) is 10.8 Å². The smallest absolute Gasteiger partial charge is 0.164 e. The maximum atomic E-state index is 5.81. The first kappa shape index (κ1) is 11.4. The van der Waals surface area contributed by atoms with Gasteiger partial charge in [0.1, 0.15) is 5.58 Å². The molecule has 0 spiro atoms. The quantitative estimate of drug-likeness (QED) is 0.775. The lowest BCUT2D eigenvalue weighted by molar-refractivity contribution is 0.623. The average Bonchev–Trinajstić information content (AvgIpc) is 3.03. The summed E-state index contributed by atoms with van der Waals surface area (Å²) in [5, 5.41) is 7.31. The SMILES string of the molecule is CNC(C)c1csc(-c2cc3ccccc3o2)n1. The van der Waals surface area contributed by atoms with Crippen LogP contribution in [0.5, 0.6) is 0 Å². The van der Waals surface area contributed by atoms with Gasteiger partial charge in [0.2, 0.25) is 0 Å². The largest absolute Gasteiger partial charge is 0.454 e. The summed E-state index contributed by atoms with van der Waals surface area (Å²) in [5.74, 6) is 0.843. The van der Waals surface area contributed by atoms with Gasteiger partial charge in [0.25, 0.3) is 0 Å². The zero-order valence-corrected chi connectivity index (χ0v) is 11.1. The average molecular weight is 258 g/mol. The standard InChI is InChI=1S/C14H14N2OS/c1-9(15-2)11-8-18-14(16-11)13-7-10-5-3-4-6-12(10)17-13/h3-9,15H,1-2H3. The molecule has 4 heteroatoms. The molecule has 3 nitrogen and oxygen atoms in total. The molecule has 0 aliphatic heterocycles. The molecule has 1 aromatic carbocycles. The van der Waals surface area contributed by atoms with Crippen molar-refractivity contribution in [1.29, 1.82) is 0 Å². The van der Waals surface area contributed by atoms with Gasteiger partial charge in [0.15, 0.2) is 10.8 Å². The summed E-state index contributed by atoms with van der Waals surface area (Å²) in [6.07, 6.45) is 0. The molecule has 0 fully saturated rings. The van der Waals surface area contributed by atoms with E-state index in [4.69, 9.17) is 4.42 Å². The van der Waals surface area contributed by atoms with Gasteiger partial charge in [0, 0.05) is 16.8 Å². The summed E-state index contributed by atoms with van der Waals surface area (Å²) in [4.78, 5) is 4.61. The van der Waals surface area contributed by atoms with E-state index in [1.807, 2.05) is 37.4 Å². The van der Waals surface area contributed by atoms with Gasteiger partial charge in [-0.15, -0.1) is 11.3 Å². The van der Waals surface area contributed by atoms with E-state index in [1.165, 1.54) is 0 Å². The predicted molar refractivity (Wildman–Crippen MR) is 74.8 cm³/mol. The topological polar surface area (TPSA) is 38.1 Å². The Kier molecular flexibility index (Phi) is 2.89. The van der Waals surface area contributed by atoms with Gasteiger partial charge in [-0.05, 0) is 26.1 Å². The number of benzene rings is 1. The van der Waals surface area contributed by atoms with Crippen LogP contribution < -0.4 is 5.32 Å². The van der Waals surface area contributed by atoms with Crippen LogP contribution in [0.1, 0.15) is 18.7 Å². The number of fused-ring (bicyclic) bond motifs is 1. The summed E-state index contributed by atoms with van der Waals surface area (Å²) in [6, 6.07) is 10.3. The van der Waals surface area contributed by atoms with E-state index in [1.54, 1.807) is 11.3 Å². The Balaban J connectivity index is 2.01. The van der Waals surface area contributed by atoms with Crippen LogP contribution in [0.3, 0.4) is 0 Å². The molecule has 3 rings (SSSR count). The Labute approximate surface area is 109 Å². The van der Waals surface area contributed by atoms with Crippen LogP contribution in [0.25, 0.3) is 21.7 Å². The zero-order valence-electron chi connectivity index (χ0n) is 10.3. The molecule has 92 valence electrons. The van der Waals surface area contributed by atoms with Gasteiger partial charge in [-0.2, -0.15) is 0 Å². The fraction of sp³-hybridized carbons (Fsp3) is 0.214. The van der Waals surface area contributed by atoms with E-state index in [0.717, 1.165) is 27.4 Å². The second kappa shape index (κ2) is 4.55. The third-order valence-electron chi connectivity index (χ3n) is 3.03. The predicted octanol–water partition coefficient (Wildman–Crippen LogP) is 3.84. The number of thiazole rings is 1. The summed E-state index contributed by atoms with van der Waals surface area (Å²) in [6.45, 7) is 2.09. The molecule has 1 unspecified atom stereocenters. The van der Waals surface area contributed by atoms with Crippen LogP contribution >= 0.6 is 11.3 Å². The number of furan rings is 1. The normalized spacial score (nSPS) is 13.0. The molecule has 2 heterocycles. The van der Waals surface area contributed by atoms with Gasteiger partial charge in [-0.1, -0.05) is 18.2 Å². The minimum Gasteiger partial charge on any atom is -0.454 e. The van der Waals surface area contributed by atoms with Crippen molar-refractivity contribution in [2.75, 3.05) is 7.05 Å². The first-order valence-corrected chi connectivity index (χ1v) is 6.77. The molecule has 18 heavy (non-hydrogen) atoms. The van der Waals surface area contributed by atoms with E-state index in [2.05, 4.69) is 22.6 Å². The lowest BCUT2D eigenvalue weighted by Crippen LogP contribution is -2.12. The molecule has 0 aliphatic rings. The van der Waals surface area contributed by atoms with Crippen molar-refractivity contribution in [3.63, 3.8) is 0 Å².